The second-order valence-electron chi connectivity index (χ2n) is 6.95. The average Bonchev–Trinajstić information content (AvgIpc) is 3.09. The molecular formula is C23H26N2O4. The fourth-order valence-electron chi connectivity index (χ4n) is 3.46. The molecule has 1 amide bonds. The standard InChI is InChI=1S/C23H26N2O4/c1-14(21-15(2)25-29-16(21)3)23(26)24-22(17-6-10-19(27-4)11-7-17)18-8-12-20(28-5)13-9-18/h6-14,22H,1-5H3,(H,24,26). The van der Waals surface area contributed by atoms with E-state index < -0.39 is 0 Å². The SMILES string of the molecule is COc1ccc(C(NC(=O)C(C)c2c(C)noc2C)c2ccc(OC)cc2)cc1. The number of carbonyl (C=O) groups is 1. The summed E-state index contributed by atoms with van der Waals surface area (Å²) in [7, 11) is 3.26. The van der Waals surface area contributed by atoms with Crippen molar-refractivity contribution in [2.75, 3.05) is 14.2 Å². The molecule has 29 heavy (non-hydrogen) atoms. The summed E-state index contributed by atoms with van der Waals surface area (Å²) in [5.41, 5.74) is 3.46. The molecule has 0 aliphatic rings. The first-order chi connectivity index (χ1) is 13.9. The van der Waals surface area contributed by atoms with Crippen molar-refractivity contribution in [2.45, 2.75) is 32.7 Å². The quantitative estimate of drug-likeness (QED) is 0.646. The number of methoxy groups -OCH3 is 2. The topological polar surface area (TPSA) is 73.6 Å². The van der Waals surface area contributed by atoms with Crippen LogP contribution in [0.25, 0.3) is 0 Å². The van der Waals surface area contributed by atoms with Gasteiger partial charge in [0.1, 0.15) is 17.3 Å². The van der Waals surface area contributed by atoms with E-state index in [1.165, 1.54) is 0 Å². The van der Waals surface area contributed by atoms with Crippen molar-refractivity contribution in [1.82, 2.24) is 10.5 Å². The molecule has 1 atom stereocenters. The molecule has 1 aromatic heterocycles. The van der Waals surface area contributed by atoms with Gasteiger partial charge >= 0.3 is 0 Å². The number of benzene rings is 2. The summed E-state index contributed by atoms with van der Waals surface area (Å²) in [6.45, 7) is 5.53. The first kappa shape index (κ1) is 20.5. The Bertz CT molecular complexity index is 895. The van der Waals surface area contributed by atoms with Crippen molar-refractivity contribution in [1.29, 1.82) is 0 Å². The van der Waals surface area contributed by atoms with Gasteiger partial charge in [-0.25, -0.2) is 0 Å². The van der Waals surface area contributed by atoms with Crippen LogP contribution in [-0.4, -0.2) is 25.3 Å². The van der Waals surface area contributed by atoms with Gasteiger partial charge < -0.3 is 19.3 Å². The molecule has 0 aliphatic carbocycles. The zero-order valence-electron chi connectivity index (χ0n) is 17.4. The Morgan fingerprint density at radius 3 is 1.79 bits per heavy atom. The van der Waals surface area contributed by atoms with E-state index in [4.69, 9.17) is 14.0 Å². The number of nitrogens with zero attached hydrogens (tertiary/aromatic N) is 1. The second-order valence-corrected chi connectivity index (χ2v) is 6.95. The van der Waals surface area contributed by atoms with Crippen LogP contribution in [0.1, 0.15) is 47.0 Å². The summed E-state index contributed by atoms with van der Waals surface area (Å²) >= 11 is 0. The minimum absolute atomic E-state index is 0.101. The number of rotatable bonds is 7. The Labute approximate surface area is 170 Å². The van der Waals surface area contributed by atoms with Gasteiger partial charge in [-0.1, -0.05) is 29.4 Å². The van der Waals surface area contributed by atoms with Crippen molar-refractivity contribution >= 4 is 5.91 Å². The number of ether oxygens (including phenoxy) is 2. The first-order valence-electron chi connectivity index (χ1n) is 9.45. The number of nitrogens with one attached hydrogen (secondary N) is 1. The molecule has 2 aromatic carbocycles. The highest BCUT2D eigenvalue weighted by molar-refractivity contribution is 5.84. The molecule has 152 valence electrons. The van der Waals surface area contributed by atoms with Gasteiger partial charge in [0.15, 0.2) is 0 Å². The Balaban J connectivity index is 1.92. The Morgan fingerprint density at radius 2 is 1.41 bits per heavy atom. The summed E-state index contributed by atoms with van der Waals surface area (Å²) in [5.74, 6) is 1.70. The molecule has 1 unspecified atom stereocenters. The number of aromatic nitrogens is 1. The molecule has 3 aromatic rings. The molecule has 1 N–H and O–H groups in total. The van der Waals surface area contributed by atoms with Gasteiger partial charge in [0.25, 0.3) is 0 Å². The molecule has 6 heteroatoms. The minimum atomic E-state index is -0.389. The van der Waals surface area contributed by atoms with Crippen LogP contribution in [0.3, 0.4) is 0 Å². The van der Waals surface area contributed by atoms with Crippen LogP contribution < -0.4 is 14.8 Å². The third kappa shape index (κ3) is 4.42. The van der Waals surface area contributed by atoms with E-state index >= 15 is 0 Å². The van der Waals surface area contributed by atoms with Gasteiger partial charge in [-0.2, -0.15) is 0 Å². The smallest absolute Gasteiger partial charge is 0.228 e. The maximum absolute atomic E-state index is 13.1. The lowest BCUT2D eigenvalue weighted by atomic mass is 9.95. The van der Waals surface area contributed by atoms with Crippen LogP contribution in [0, 0.1) is 13.8 Å². The fraction of sp³-hybridized carbons (Fsp3) is 0.304. The molecule has 0 spiro atoms. The third-order valence-corrected chi connectivity index (χ3v) is 5.10. The normalized spacial score (nSPS) is 11.9. The van der Waals surface area contributed by atoms with E-state index in [0.29, 0.717) is 5.76 Å². The lowest BCUT2D eigenvalue weighted by molar-refractivity contribution is -0.122. The molecule has 0 aliphatic heterocycles. The lowest BCUT2D eigenvalue weighted by Crippen LogP contribution is -2.33. The van der Waals surface area contributed by atoms with Crippen LogP contribution >= 0.6 is 0 Å². The highest BCUT2D eigenvalue weighted by atomic mass is 16.5. The summed E-state index contributed by atoms with van der Waals surface area (Å²) in [6, 6.07) is 15.0. The lowest BCUT2D eigenvalue weighted by Gasteiger charge is -2.22. The highest BCUT2D eigenvalue weighted by Crippen LogP contribution is 2.28. The number of aryl methyl sites for hydroxylation is 2. The molecule has 0 bridgehead atoms. The van der Waals surface area contributed by atoms with Gasteiger partial charge in [-0.15, -0.1) is 0 Å². The van der Waals surface area contributed by atoms with Gasteiger partial charge in [0.2, 0.25) is 5.91 Å². The number of hydrogen-bond acceptors (Lipinski definition) is 5. The molecule has 0 saturated carbocycles. The minimum Gasteiger partial charge on any atom is -0.497 e. The van der Waals surface area contributed by atoms with Crippen LogP contribution in [0.15, 0.2) is 53.1 Å². The summed E-state index contributed by atoms with van der Waals surface area (Å²) < 4.78 is 15.8. The molecule has 3 rings (SSSR count). The summed E-state index contributed by atoms with van der Waals surface area (Å²) in [5, 5.41) is 7.15. The summed E-state index contributed by atoms with van der Waals surface area (Å²) in [4.78, 5) is 13.1. The van der Waals surface area contributed by atoms with Crippen LogP contribution in [0.5, 0.6) is 11.5 Å². The van der Waals surface area contributed by atoms with Gasteiger partial charge in [-0.05, 0) is 56.2 Å². The van der Waals surface area contributed by atoms with E-state index in [1.807, 2.05) is 69.3 Å². The maximum Gasteiger partial charge on any atom is 0.228 e. The Kier molecular flexibility index (Phi) is 6.22. The Hall–Kier alpha value is -3.28. The van der Waals surface area contributed by atoms with E-state index in [0.717, 1.165) is 33.9 Å². The van der Waals surface area contributed by atoms with E-state index in [1.54, 1.807) is 14.2 Å². The van der Waals surface area contributed by atoms with E-state index in [9.17, 15) is 4.79 Å². The number of carbonyl (C=O) groups excluding carboxylic acids is 1. The van der Waals surface area contributed by atoms with E-state index in [-0.39, 0.29) is 17.9 Å². The van der Waals surface area contributed by atoms with Crippen LogP contribution in [0.4, 0.5) is 0 Å². The first-order valence-corrected chi connectivity index (χ1v) is 9.45. The number of hydrogen-bond donors (Lipinski definition) is 1. The molecule has 0 saturated heterocycles. The van der Waals surface area contributed by atoms with Gasteiger partial charge in [0, 0.05) is 5.56 Å². The zero-order valence-corrected chi connectivity index (χ0v) is 17.4. The highest BCUT2D eigenvalue weighted by Gasteiger charge is 2.26. The predicted molar refractivity (Wildman–Crippen MR) is 110 cm³/mol. The molecule has 0 radical (unpaired) electrons. The van der Waals surface area contributed by atoms with Crippen molar-refractivity contribution in [3.8, 4) is 11.5 Å². The predicted octanol–water partition coefficient (Wildman–Crippen LogP) is 4.32. The monoisotopic (exact) mass is 394 g/mol. The largest absolute Gasteiger partial charge is 0.497 e. The number of amides is 1. The van der Waals surface area contributed by atoms with Crippen molar-refractivity contribution < 1.29 is 18.8 Å². The fourth-order valence-corrected chi connectivity index (χ4v) is 3.46. The van der Waals surface area contributed by atoms with Gasteiger partial charge in [0.05, 0.1) is 31.9 Å². The third-order valence-electron chi connectivity index (χ3n) is 5.10. The van der Waals surface area contributed by atoms with Crippen molar-refractivity contribution in [2.24, 2.45) is 0 Å². The molecule has 0 fully saturated rings. The summed E-state index contributed by atoms with van der Waals surface area (Å²) in [6.07, 6.45) is 0. The van der Waals surface area contributed by atoms with E-state index in [2.05, 4.69) is 10.5 Å². The second kappa shape index (κ2) is 8.82. The van der Waals surface area contributed by atoms with Crippen LogP contribution in [-0.2, 0) is 4.79 Å². The molecular weight excluding hydrogens is 368 g/mol. The Morgan fingerprint density at radius 1 is 0.931 bits per heavy atom. The molecule has 1 heterocycles. The van der Waals surface area contributed by atoms with Gasteiger partial charge in [-0.3, -0.25) is 4.79 Å². The molecule has 6 nitrogen and oxygen atoms in total. The van der Waals surface area contributed by atoms with Crippen molar-refractivity contribution in [3.05, 3.63) is 76.7 Å². The van der Waals surface area contributed by atoms with Crippen LogP contribution in [0.2, 0.25) is 0 Å². The average molecular weight is 394 g/mol. The van der Waals surface area contributed by atoms with Crippen molar-refractivity contribution in [3.63, 3.8) is 0 Å². The maximum atomic E-state index is 13.1. The zero-order chi connectivity index (χ0) is 21.0.